The summed E-state index contributed by atoms with van der Waals surface area (Å²) in [6, 6.07) is 17.4. The number of amides is 6. The molecule has 70 heavy (non-hydrogen) atoms. The second kappa shape index (κ2) is 28.1. The van der Waals surface area contributed by atoms with E-state index in [1.54, 1.807) is 68.8 Å². The largest absolute Gasteiger partial charge is 0.497 e. The Morgan fingerprint density at radius 2 is 1.19 bits per heavy atom. The van der Waals surface area contributed by atoms with Gasteiger partial charge in [-0.2, -0.15) is 0 Å². The summed E-state index contributed by atoms with van der Waals surface area (Å²) in [6.07, 6.45) is 6.44. The van der Waals surface area contributed by atoms with Crippen molar-refractivity contribution in [2.45, 2.75) is 137 Å². The molecule has 3 aromatic carbocycles. The summed E-state index contributed by atoms with van der Waals surface area (Å²) in [6.45, 7) is 18.4. The van der Waals surface area contributed by atoms with Crippen molar-refractivity contribution >= 4 is 52.0 Å². The zero-order chi connectivity index (χ0) is 51.3. The first-order valence-corrected chi connectivity index (χ1v) is 24.8. The molecule has 1 aromatic heterocycles. The van der Waals surface area contributed by atoms with E-state index in [1.165, 1.54) is 0 Å². The molecule has 0 radical (unpaired) electrons. The molecular formula is C54H76N8O8. The van der Waals surface area contributed by atoms with Gasteiger partial charge in [0.15, 0.2) is 0 Å². The standard InChI is InChI=1S/C54H76N8O8/c1-11-13-26-57-52(66)45(29-33(3)4)61-54(68)47(35(7)12-2)62-51(65)39-20-24-42(25-21-39)70-41-22-18-38(19-23-41)50(64)60-46(30-34(5)6)53(67)59-37(9)49(63)56-28-14-16-36(8)58-44-32-43(69-10)31-40-17-15-27-55-48(40)44/h15,17-25,27,31-37,45-47,58H,11-14,16,26,28-30H2,1-10H3,(H,56,63)(H,57,66)(H,59,67)(H,60,64)(H,61,68)(H,62,65)/t35?,36?,37-,45-,46-,47-/m0/s1. The number of methoxy groups -OCH3 is 1. The normalized spacial score (nSPS) is 13.8. The Morgan fingerprint density at radius 1 is 0.614 bits per heavy atom. The molecule has 0 aliphatic rings. The summed E-state index contributed by atoms with van der Waals surface area (Å²) in [5.41, 5.74) is 2.34. The molecular weight excluding hydrogens is 889 g/mol. The minimum atomic E-state index is -0.887. The summed E-state index contributed by atoms with van der Waals surface area (Å²) < 4.78 is 11.5. The third kappa shape index (κ3) is 17.7. The minimum absolute atomic E-state index is 0.0672. The molecule has 16 nitrogen and oxygen atoms in total. The van der Waals surface area contributed by atoms with Crippen LogP contribution in [-0.2, 0) is 19.2 Å². The van der Waals surface area contributed by atoms with Gasteiger partial charge in [-0.25, -0.2) is 0 Å². The predicted octanol–water partition coefficient (Wildman–Crippen LogP) is 7.67. The number of hydrogen-bond donors (Lipinski definition) is 7. The Labute approximate surface area is 414 Å². The number of fused-ring (bicyclic) bond motifs is 1. The van der Waals surface area contributed by atoms with E-state index in [0.29, 0.717) is 61.4 Å². The second-order valence-electron chi connectivity index (χ2n) is 18.9. The molecule has 0 aliphatic heterocycles. The fourth-order valence-electron chi connectivity index (χ4n) is 7.71. The topological polar surface area (TPSA) is 218 Å². The molecule has 2 unspecified atom stereocenters. The first-order valence-electron chi connectivity index (χ1n) is 24.8. The van der Waals surface area contributed by atoms with Crippen LogP contribution in [0.4, 0.5) is 5.69 Å². The van der Waals surface area contributed by atoms with Gasteiger partial charge in [0.2, 0.25) is 23.6 Å². The molecule has 0 fully saturated rings. The highest BCUT2D eigenvalue weighted by atomic mass is 16.5. The van der Waals surface area contributed by atoms with Gasteiger partial charge in [0.1, 0.15) is 41.4 Å². The highest BCUT2D eigenvalue weighted by Gasteiger charge is 2.31. The maximum atomic E-state index is 13.6. The number of ether oxygens (including phenoxy) is 2. The molecule has 0 spiro atoms. The van der Waals surface area contributed by atoms with Crippen molar-refractivity contribution in [2.75, 3.05) is 25.5 Å². The zero-order valence-electron chi connectivity index (χ0n) is 42.7. The van der Waals surface area contributed by atoms with Gasteiger partial charge in [0.25, 0.3) is 11.8 Å². The van der Waals surface area contributed by atoms with Crippen LogP contribution in [0.2, 0.25) is 0 Å². The monoisotopic (exact) mass is 965 g/mol. The molecule has 4 rings (SSSR count). The molecule has 4 aromatic rings. The fraction of sp³-hybridized carbons (Fsp3) is 0.500. The van der Waals surface area contributed by atoms with Crippen molar-refractivity contribution in [2.24, 2.45) is 17.8 Å². The van der Waals surface area contributed by atoms with Crippen molar-refractivity contribution in [1.29, 1.82) is 0 Å². The van der Waals surface area contributed by atoms with Gasteiger partial charge in [0, 0.05) is 47.9 Å². The number of carbonyl (C=O) groups is 6. The summed E-state index contributed by atoms with van der Waals surface area (Å²) in [5.74, 6) is -0.716. The van der Waals surface area contributed by atoms with E-state index in [9.17, 15) is 28.8 Å². The van der Waals surface area contributed by atoms with Crippen LogP contribution in [0.15, 0.2) is 79.0 Å². The number of anilines is 1. The van der Waals surface area contributed by atoms with Crippen LogP contribution in [0.25, 0.3) is 10.9 Å². The summed E-state index contributed by atoms with van der Waals surface area (Å²) >= 11 is 0. The number of unbranched alkanes of at least 4 members (excludes halogenated alkanes) is 1. The van der Waals surface area contributed by atoms with Crippen LogP contribution >= 0.6 is 0 Å². The van der Waals surface area contributed by atoms with Crippen molar-refractivity contribution in [1.82, 2.24) is 36.9 Å². The number of aromatic nitrogens is 1. The van der Waals surface area contributed by atoms with Gasteiger partial charge < -0.3 is 46.7 Å². The Bertz CT molecular complexity index is 2340. The van der Waals surface area contributed by atoms with Crippen LogP contribution in [0.3, 0.4) is 0 Å². The average Bonchev–Trinajstić information content (AvgIpc) is 3.33. The number of nitrogens with zero attached hydrogens (tertiary/aromatic N) is 1. The second-order valence-corrected chi connectivity index (χ2v) is 18.9. The molecule has 1 heterocycles. The molecule has 0 aliphatic carbocycles. The third-order valence-corrected chi connectivity index (χ3v) is 11.9. The van der Waals surface area contributed by atoms with Crippen LogP contribution < -0.4 is 46.7 Å². The number of benzene rings is 3. The average molecular weight is 965 g/mol. The third-order valence-electron chi connectivity index (χ3n) is 11.9. The fourth-order valence-corrected chi connectivity index (χ4v) is 7.71. The molecule has 7 N–H and O–H groups in total. The smallest absolute Gasteiger partial charge is 0.251 e. The Hall–Kier alpha value is -6.71. The lowest BCUT2D eigenvalue weighted by Gasteiger charge is -2.27. The number of carbonyl (C=O) groups excluding carboxylic acids is 6. The van der Waals surface area contributed by atoms with E-state index in [1.807, 2.05) is 72.7 Å². The number of nitrogens with one attached hydrogen (secondary N) is 7. The van der Waals surface area contributed by atoms with E-state index in [0.717, 1.165) is 41.6 Å². The van der Waals surface area contributed by atoms with Crippen LogP contribution in [0, 0.1) is 17.8 Å². The molecule has 6 amide bonds. The summed E-state index contributed by atoms with van der Waals surface area (Å²) in [4.78, 5) is 84.4. The number of hydrogen-bond acceptors (Lipinski definition) is 10. The Kier molecular flexibility index (Phi) is 22.4. The first kappa shape index (κ1) is 55.9. The Morgan fingerprint density at radius 3 is 1.76 bits per heavy atom. The van der Waals surface area contributed by atoms with E-state index in [-0.39, 0.29) is 35.6 Å². The van der Waals surface area contributed by atoms with Crippen molar-refractivity contribution < 1.29 is 38.2 Å². The van der Waals surface area contributed by atoms with Crippen molar-refractivity contribution in [3.05, 3.63) is 90.1 Å². The van der Waals surface area contributed by atoms with Gasteiger partial charge in [0.05, 0.1) is 18.3 Å². The molecule has 380 valence electrons. The summed E-state index contributed by atoms with van der Waals surface area (Å²) in [5, 5.41) is 21.7. The highest BCUT2D eigenvalue weighted by Crippen LogP contribution is 2.29. The first-order chi connectivity index (χ1) is 33.4. The SMILES string of the molecule is CCCCNC(=O)[C@H](CC(C)C)NC(=O)[C@@H](NC(=O)c1ccc(Oc2ccc(C(=O)N[C@@H](CC(C)C)C(=O)N[C@@H](C)C(=O)NCCCC(C)Nc3cc(OC)cc4cccnc34)cc2)cc1)C(C)CC. The van der Waals surface area contributed by atoms with Crippen molar-refractivity contribution in [3.8, 4) is 17.2 Å². The lowest BCUT2D eigenvalue weighted by molar-refractivity contribution is -0.131. The quantitative estimate of drug-likeness (QED) is 0.0276. The Balaban J connectivity index is 1.26. The predicted molar refractivity (Wildman–Crippen MR) is 275 cm³/mol. The molecule has 0 saturated carbocycles. The van der Waals surface area contributed by atoms with Crippen molar-refractivity contribution in [3.63, 3.8) is 0 Å². The van der Waals surface area contributed by atoms with E-state index in [2.05, 4.69) is 49.1 Å². The minimum Gasteiger partial charge on any atom is -0.497 e. The lowest BCUT2D eigenvalue weighted by Crippen LogP contribution is -2.56. The summed E-state index contributed by atoms with van der Waals surface area (Å²) in [7, 11) is 1.63. The number of rotatable bonds is 28. The van der Waals surface area contributed by atoms with E-state index < -0.39 is 47.8 Å². The highest BCUT2D eigenvalue weighted by molar-refractivity contribution is 5.99. The van der Waals surface area contributed by atoms with Gasteiger partial charge >= 0.3 is 0 Å². The molecule has 6 atom stereocenters. The molecule has 0 saturated heterocycles. The molecule has 0 bridgehead atoms. The van der Waals surface area contributed by atoms with Gasteiger partial charge in [-0.1, -0.05) is 67.4 Å². The van der Waals surface area contributed by atoms with Gasteiger partial charge in [-0.15, -0.1) is 0 Å². The number of pyridine rings is 1. The maximum absolute atomic E-state index is 13.6. The zero-order valence-corrected chi connectivity index (χ0v) is 42.7. The van der Waals surface area contributed by atoms with Crippen LogP contribution in [0.1, 0.15) is 128 Å². The van der Waals surface area contributed by atoms with Crippen LogP contribution in [-0.4, -0.2) is 90.8 Å². The van der Waals surface area contributed by atoms with E-state index in [4.69, 9.17) is 9.47 Å². The maximum Gasteiger partial charge on any atom is 0.251 e. The molecule has 16 heteroatoms. The van der Waals surface area contributed by atoms with Gasteiger partial charge in [-0.05, 0) is 124 Å². The lowest BCUT2D eigenvalue weighted by atomic mass is 9.96. The van der Waals surface area contributed by atoms with Gasteiger partial charge in [-0.3, -0.25) is 33.8 Å². The van der Waals surface area contributed by atoms with Crippen LogP contribution in [0.5, 0.6) is 17.2 Å². The van der Waals surface area contributed by atoms with E-state index >= 15 is 0 Å².